The first-order valence-corrected chi connectivity index (χ1v) is 6.10. The fraction of sp³-hybridized carbons (Fsp3) is 0.571. The molecule has 0 amide bonds. The van der Waals surface area contributed by atoms with E-state index >= 15 is 0 Å². The normalized spacial score (nSPS) is 17.6. The molecule has 2 heteroatoms. The Hall–Kier alpha value is -0.860. The molecule has 1 aliphatic rings. The second kappa shape index (κ2) is 5.46. The zero-order valence-electron chi connectivity index (χ0n) is 10.3. The van der Waals surface area contributed by atoms with Gasteiger partial charge in [-0.15, -0.1) is 0 Å². The molecule has 0 saturated carbocycles. The zero-order chi connectivity index (χ0) is 11.4. The lowest BCUT2D eigenvalue weighted by molar-refractivity contribution is 0.183. The van der Waals surface area contributed by atoms with Gasteiger partial charge in [-0.3, -0.25) is 0 Å². The molecule has 88 valence electrons. The summed E-state index contributed by atoms with van der Waals surface area (Å²) in [6.45, 7) is 5.17. The summed E-state index contributed by atoms with van der Waals surface area (Å²) >= 11 is 0. The molecule has 1 aromatic rings. The molecule has 1 heterocycles. The Morgan fingerprint density at radius 2 is 2.06 bits per heavy atom. The second-order valence-electron chi connectivity index (χ2n) is 4.66. The molecule has 2 rings (SSSR count). The third kappa shape index (κ3) is 2.63. The number of nitrogens with one attached hydrogen (secondary N) is 1. The van der Waals surface area contributed by atoms with Gasteiger partial charge in [-0.1, -0.05) is 23.8 Å². The predicted octanol–water partition coefficient (Wildman–Crippen LogP) is 2.61. The van der Waals surface area contributed by atoms with Gasteiger partial charge in [-0.25, -0.2) is 0 Å². The van der Waals surface area contributed by atoms with E-state index in [1.165, 1.54) is 29.5 Å². The number of rotatable bonds is 3. The smallest absolute Gasteiger partial charge is 0.0715 e. The third-order valence-corrected chi connectivity index (χ3v) is 3.38. The van der Waals surface area contributed by atoms with E-state index in [2.05, 4.69) is 30.4 Å². The zero-order valence-corrected chi connectivity index (χ0v) is 10.3. The minimum atomic E-state index is 0.715. The predicted molar refractivity (Wildman–Crippen MR) is 66.7 cm³/mol. The van der Waals surface area contributed by atoms with Crippen LogP contribution in [0.3, 0.4) is 0 Å². The molecule has 2 nitrogen and oxygen atoms in total. The molecule has 0 spiro atoms. The molecular formula is C14H21NO. The average Bonchev–Trinajstić information content (AvgIpc) is 2.31. The van der Waals surface area contributed by atoms with Crippen LogP contribution in [0.2, 0.25) is 0 Å². The highest BCUT2D eigenvalue weighted by molar-refractivity contribution is 5.34. The SMILES string of the molecule is COCc1cc(C)ccc1C1CCNCC1. The minimum absolute atomic E-state index is 0.715. The maximum absolute atomic E-state index is 5.30. The first-order chi connectivity index (χ1) is 7.81. The van der Waals surface area contributed by atoms with E-state index in [9.17, 15) is 0 Å². The Bertz CT molecular complexity index is 343. The molecule has 16 heavy (non-hydrogen) atoms. The van der Waals surface area contributed by atoms with Crippen LogP contribution in [0.4, 0.5) is 0 Å². The lowest BCUT2D eigenvalue weighted by Crippen LogP contribution is -2.27. The highest BCUT2D eigenvalue weighted by Crippen LogP contribution is 2.29. The number of methoxy groups -OCH3 is 1. The van der Waals surface area contributed by atoms with Gasteiger partial charge < -0.3 is 10.1 Å². The number of piperidine rings is 1. The number of ether oxygens (including phenoxy) is 1. The van der Waals surface area contributed by atoms with E-state index in [4.69, 9.17) is 4.74 Å². The van der Waals surface area contributed by atoms with Gasteiger partial charge in [0.2, 0.25) is 0 Å². The highest BCUT2D eigenvalue weighted by Gasteiger charge is 2.17. The Morgan fingerprint density at radius 1 is 1.31 bits per heavy atom. The van der Waals surface area contributed by atoms with Crippen LogP contribution in [0.1, 0.15) is 35.4 Å². The van der Waals surface area contributed by atoms with Gasteiger partial charge in [-0.2, -0.15) is 0 Å². The first-order valence-electron chi connectivity index (χ1n) is 6.10. The Balaban J connectivity index is 2.23. The minimum Gasteiger partial charge on any atom is -0.380 e. The molecule has 0 bridgehead atoms. The van der Waals surface area contributed by atoms with Crippen molar-refractivity contribution in [2.75, 3.05) is 20.2 Å². The van der Waals surface area contributed by atoms with Crippen molar-refractivity contribution in [2.45, 2.75) is 32.3 Å². The van der Waals surface area contributed by atoms with Gasteiger partial charge in [0.25, 0.3) is 0 Å². The molecule has 1 fully saturated rings. The number of hydrogen-bond donors (Lipinski definition) is 1. The Morgan fingerprint density at radius 3 is 2.75 bits per heavy atom. The number of hydrogen-bond acceptors (Lipinski definition) is 2. The van der Waals surface area contributed by atoms with Gasteiger partial charge in [0.1, 0.15) is 0 Å². The van der Waals surface area contributed by atoms with Crippen LogP contribution in [0.5, 0.6) is 0 Å². The highest BCUT2D eigenvalue weighted by atomic mass is 16.5. The maximum atomic E-state index is 5.30. The van der Waals surface area contributed by atoms with E-state index in [1.807, 2.05) is 0 Å². The summed E-state index contributed by atoms with van der Waals surface area (Å²) in [7, 11) is 1.77. The van der Waals surface area contributed by atoms with Crippen LogP contribution >= 0.6 is 0 Å². The third-order valence-electron chi connectivity index (χ3n) is 3.38. The van der Waals surface area contributed by atoms with Crippen molar-refractivity contribution in [3.05, 3.63) is 34.9 Å². The summed E-state index contributed by atoms with van der Waals surface area (Å²) in [5, 5.41) is 3.42. The lowest BCUT2D eigenvalue weighted by atomic mass is 9.86. The van der Waals surface area contributed by atoms with Crippen molar-refractivity contribution in [1.29, 1.82) is 0 Å². The fourth-order valence-electron chi connectivity index (χ4n) is 2.55. The molecule has 0 aliphatic carbocycles. The lowest BCUT2D eigenvalue weighted by Gasteiger charge is -2.25. The van der Waals surface area contributed by atoms with Gasteiger partial charge >= 0.3 is 0 Å². The van der Waals surface area contributed by atoms with E-state index in [0.29, 0.717) is 5.92 Å². The Labute approximate surface area is 98.0 Å². The number of aryl methyl sites for hydroxylation is 1. The van der Waals surface area contributed by atoms with E-state index < -0.39 is 0 Å². The van der Waals surface area contributed by atoms with E-state index in [-0.39, 0.29) is 0 Å². The van der Waals surface area contributed by atoms with Gasteiger partial charge in [0, 0.05) is 7.11 Å². The summed E-state index contributed by atoms with van der Waals surface area (Å²) in [4.78, 5) is 0. The molecule has 0 atom stereocenters. The standard InChI is InChI=1S/C14H21NO/c1-11-3-4-14(13(9-11)10-16-2)12-5-7-15-8-6-12/h3-4,9,12,15H,5-8,10H2,1-2H3. The molecular weight excluding hydrogens is 198 g/mol. The van der Waals surface area contributed by atoms with E-state index in [0.717, 1.165) is 19.7 Å². The molecule has 1 aromatic carbocycles. The molecule has 1 aliphatic heterocycles. The van der Waals surface area contributed by atoms with Crippen LogP contribution < -0.4 is 5.32 Å². The van der Waals surface area contributed by atoms with Gasteiger partial charge in [0.05, 0.1) is 6.61 Å². The first kappa shape index (κ1) is 11.6. The van der Waals surface area contributed by atoms with Crippen LogP contribution in [-0.2, 0) is 11.3 Å². The maximum Gasteiger partial charge on any atom is 0.0715 e. The van der Waals surface area contributed by atoms with Crippen molar-refractivity contribution in [1.82, 2.24) is 5.32 Å². The van der Waals surface area contributed by atoms with E-state index in [1.54, 1.807) is 7.11 Å². The second-order valence-corrected chi connectivity index (χ2v) is 4.66. The summed E-state index contributed by atoms with van der Waals surface area (Å²) < 4.78 is 5.30. The summed E-state index contributed by atoms with van der Waals surface area (Å²) in [6, 6.07) is 6.77. The largest absolute Gasteiger partial charge is 0.380 e. The average molecular weight is 219 g/mol. The molecule has 1 N–H and O–H groups in total. The molecule has 0 unspecified atom stereocenters. The molecule has 1 saturated heterocycles. The van der Waals surface area contributed by atoms with Crippen molar-refractivity contribution in [2.24, 2.45) is 0 Å². The summed E-state index contributed by atoms with van der Waals surface area (Å²) in [6.07, 6.45) is 2.50. The van der Waals surface area contributed by atoms with Gasteiger partial charge in [-0.05, 0) is 49.9 Å². The summed E-state index contributed by atoms with van der Waals surface area (Å²) in [5.41, 5.74) is 4.19. The number of benzene rings is 1. The van der Waals surface area contributed by atoms with Crippen molar-refractivity contribution < 1.29 is 4.74 Å². The monoisotopic (exact) mass is 219 g/mol. The van der Waals surface area contributed by atoms with Crippen LogP contribution in [0, 0.1) is 6.92 Å². The quantitative estimate of drug-likeness (QED) is 0.843. The molecule has 0 radical (unpaired) electrons. The molecule has 0 aromatic heterocycles. The summed E-state index contributed by atoms with van der Waals surface area (Å²) in [5.74, 6) is 0.715. The fourth-order valence-corrected chi connectivity index (χ4v) is 2.55. The van der Waals surface area contributed by atoms with Gasteiger partial charge in [0.15, 0.2) is 0 Å². The van der Waals surface area contributed by atoms with Crippen molar-refractivity contribution in [3.8, 4) is 0 Å². The van der Waals surface area contributed by atoms with Crippen molar-refractivity contribution in [3.63, 3.8) is 0 Å². The van der Waals surface area contributed by atoms with Crippen molar-refractivity contribution >= 4 is 0 Å². The van der Waals surface area contributed by atoms with Crippen LogP contribution in [0.25, 0.3) is 0 Å². The van der Waals surface area contributed by atoms with Crippen LogP contribution in [-0.4, -0.2) is 20.2 Å². The topological polar surface area (TPSA) is 21.3 Å². The Kier molecular flexibility index (Phi) is 3.97. The van der Waals surface area contributed by atoms with Crippen LogP contribution in [0.15, 0.2) is 18.2 Å².